The lowest BCUT2D eigenvalue weighted by molar-refractivity contribution is 0.134. The minimum Gasteiger partial charge on any atom is -0.381 e. The lowest BCUT2D eigenvalue weighted by atomic mass is 10.4. The van der Waals surface area contributed by atoms with Gasteiger partial charge in [-0.1, -0.05) is 6.92 Å². The van der Waals surface area contributed by atoms with Crippen molar-refractivity contribution in [1.82, 2.24) is 0 Å². The molecule has 0 aliphatic carbocycles. The van der Waals surface area contributed by atoms with Crippen molar-refractivity contribution in [3.63, 3.8) is 0 Å². The third-order valence-electron chi connectivity index (χ3n) is 1.68. The smallest absolute Gasteiger partial charge is 0.150 e. The molecule has 4 nitrogen and oxygen atoms in total. The normalized spacial score (nSPS) is 11.8. The predicted octanol–water partition coefficient (Wildman–Crippen LogP) is 0.177. The van der Waals surface area contributed by atoms with Gasteiger partial charge in [0.2, 0.25) is 0 Å². The molecule has 0 radical (unpaired) electrons. The van der Waals surface area contributed by atoms with Gasteiger partial charge in [0.15, 0.2) is 0 Å². The predicted molar refractivity (Wildman–Crippen MR) is 53.4 cm³/mol. The monoisotopic (exact) mass is 209 g/mol. The van der Waals surface area contributed by atoms with Crippen LogP contribution in [0.25, 0.3) is 0 Å². The molecule has 0 amide bonds. The van der Waals surface area contributed by atoms with E-state index in [0.717, 1.165) is 6.42 Å². The van der Waals surface area contributed by atoms with Gasteiger partial charge in [-0.15, -0.1) is 0 Å². The van der Waals surface area contributed by atoms with Gasteiger partial charge in [-0.05, 0) is 19.4 Å². The summed E-state index contributed by atoms with van der Waals surface area (Å²) in [5, 5.41) is 0. The Morgan fingerprint density at radius 2 is 1.85 bits per heavy atom. The standard InChI is InChI=1S/C8H19NO3S/c1-2-13(10,11)8-4-7-12-6-3-5-9/h2-9H2,1H3. The van der Waals surface area contributed by atoms with E-state index in [9.17, 15) is 8.42 Å². The highest BCUT2D eigenvalue weighted by molar-refractivity contribution is 7.91. The summed E-state index contributed by atoms with van der Waals surface area (Å²) in [6.45, 7) is 3.42. The second-order valence-corrected chi connectivity index (χ2v) is 5.32. The molecule has 0 atom stereocenters. The van der Waals surface area contributed by atoms with E-state index >= 15 is 0 Å². The number of rotatable bonds is 8. The Hall–Kier alpha value is -0.130. The van der Waals surface area contributed by atoms with Crippen LogP contribution in [0.15, 0.2) is 0 Å². The Balaban J connectivity index is 3.26. The molecule has 0 unspecified atom stereocenters. The third-order valence-corrected chi connectivity index (χ3v) is 3.47. The first kappa shape index (κ1) is 12.9. The molecule has 0 aromatic carbocycles. The Kier molecular flexibility index (Phi) is 7.22. The van der Waals surface area contributed by atoms with Gasteiger partial charge in [-0.3, -0.25) is 0 Å². The molecular weight excluding hydrogens is 190 g/mol. The van der Waals surface area contributed by atoms with Crippen LogP contribution < -0.4 is 5.73 Å². The van der Waals surface area contributed by atoms with Crippen LogP contribution in [0.5, 0.6) is 0 Å². The molecule has 0 bridgehead atoms. The molecule has 0 heterocycles. The Morgan fingerprint density at radius 1 is 1.23 bits per heavy atom. The van der Waals surface area contributed by atoms with Gasteiger partial charge in [-0.2, -0.15) is 0 Å². The summed E-state index contributed by atoms with van der Waals surface area (Å²) in [5.74, 6) is 0.446. The van der Waals surface area contributed by atoms with Crippen LogP contribution in [0, 0.1) is 0 Å². The van der Waals surface area contributed by atoms with E-state index in [2.05, 4.69) is 0 Å². The van der Waals surface area contributed by atoms with Crippen LogP contribution in [0.4, 0.5) is 0 Å². The lowest BCUT2D eigenvalue weighted by Crippen LogP contribution is -2.11. The summed E-state index contributed by atoms with van der Waals surface area (Å²) < 4.78 is 27.2. The van der Waals surface area contributed by atoms with Gasteiger partial charge in [-0.25, -0.2) is 8.42 Å². The molecule has 2 N–H and O–H groups in total. The molecule has 0 aromatic heterocycles. The van der Waals surface area contributed by atoms with Crippen molar-refractivity contribution in [3.05, 3.63) is 0 Å². The zero-order valence-electron chi connectivity index (χ0n) is 8.16. The largest absolute Gasteiger partial charge is 0.381 e. The highest BCUT2D eigenvalue weighted by Gasteiger charge is 2.05. The van der Waals surface area contributed by atoms with Crippen LogP contribution in [0.3, 0.4) is 0 Å². The van der Waals surface area contributed by atoms with E-state index in [1.54, 1.807) is 6.92 Å². The summed E-state index contributed by atoms with van der Waals surface area (Å²) >= 11 is 0. The number of nitrogens with two attached hydrogens (primary N) is 1. The summed E-state index contributed by atoms with van der Waals surface area (Å²) in [6.07, 6.45) is 1.42. The van der Waals surface area contributed by atoms with Crippen molar-refractivity contribution in [1.29, 1.82) is 0 Å². The molecule has 0 saturated heterocycles. The van der Waals surface area contributed by atoms with Crippen LogP contribution in [0.1, 0.15) is 19.8 Å². The third kappa shape index (κ3) is 8.21. The molecule has 0 fully saturated rings. The molecule has 80 valence electrons. The van der Waals surface area contributed by atoms with E-state index in [4.69, 9.17) is 10.5 Å². The molecule has 0 aliphatic heterocycles. The fourth-order valence-corrected chi connectivity index (χ4v) is 1.66. The fourth-order valence-electron chi connectivity index (χ4n) is 0.813. The number of ether oxygens (including phenoxy) is 1. The number of hydrogen-bond donors (Lipinski definition) is 1. The van der Waals surface area contributed by atoms with Crippen molar-refractivity contribution in [2.75, 3.05) is 31.3 Å². The zero-order valence-corrected chi connectivity index (χ0v) is 8.98. The topological polar surface area (TPSA) is 69.4 Å². The van der Waals surface area contributed by atoms with Crippen molar-refractivity contribution >= 4 is 9.84 Å². The van der Waals surface area contributed by atoms with E-state index in [1.165, 1.54) is 0 Å². The number of sulfone groups is 1. The maximum Gasteiger partial charge on any atom is 0.150 e. The summed E-state index contributed by atoms with van der Waals surface area (Å²) in [7, 11) is -2.82. The highest BCUT2D eigenvalue weighted by Crippen LogP contribution is 1.94. The number of hydrogen-bond acceptors (Lipinski definition) is 4. The van der Waals surface area contributed by atoms with E-state index in [1.807, 2.05) is 0 Å². The first-order chi connectivity index (χ1) is 6.12. The molecule has 0 saturated carbocycles. The van der Waals surface area contributed by atoms with Gasteiger partial charge in [0.1, 0.15) is 9.84 Å². The van der Waals surface area contributed by atoms with Crippen molar-refractivity contribution in [2.45, 2.75) is 19.8 Å². The Bertz CT molecular complexity index is 201. The molecule has 0 aromatic rings. The van der Waals surface area contributed by atoms with Crippen LogP contribution in [0.2, 0.25) is 0 Å². The maximum atomic E-state index is 11.0. The summed E-state index contributed by atoms with van der Waals surface area (Å²) in [4.78, 5) is 0. The minimum atomic E-state index is -2.82. The van der Waals surface area contributed by atoms with Crippen molar-refractivity contribution in [2.24, 2.45) is 5.73 Å². The van der Waals surface area contributed by atoms with Gasteiger partial charge in [0.25, 0.3) is 0 Å². The van der Waals surface area contributed by atoms with Crippen LogP contribution >= 0.6 is 0 Å². The first-order valence-corrected chi connectivity index (χ1v) is 6.42. The van der Waals surface area contributed by atoms with E-state index < -0.39 is 9.84 Å². The summed E-state index contributed by atoms with van der Waals surface area (Å²) in [5.41, 5.74) is 5.26. The van der Waals surface area contributed by atoms with Gasteiger partial charge in [0, 0.05) is 19.0 Å². The molecular formula is C8H19NO3S. The van der Waals surface area contributed by atoms with E-state index in [0.29, 0.717) is 26.2 Å². The van der Waals surface area contributed by atoms with Gasteiger partial charge in [0.05, 0.1) is 5.75 Å². The molecule has 0 aliphatic rings. The quantitative estimate of drug-likeness (QED) is 0.579. The second-order valence-electron chi connectivity index (χ2n) is 2.84. The highest BCUT2D eigenvalue weighted by atomic mass is 32.2. The molecule has 0 rings (SSSR count). The zero-order chi connectivity index (χ0) is 10.2. The van der Waals surface area contributed by atoms with Crippen LogP contribution in [-0.2, 0) is 14.6 Å². The van der Waals surface area contributed by atoms with E-state index in [-0.39, 0.29) is 11.5 Å². The first-order valence-electron chi connectivity index (χ1n) is 4.60. The van der Waals surface area contributed by atoms with Gasteiger partial charge >= 0.3 is 0 Å². The minimum absolute atomic E-state index is 0.218. The summed E-state index contributed by atoms with van der Waals surface area (Å²) in [6, 6.07) is 0. The molecule has 0 spiro atoms. The average molecular weight is 209 g/mol. The van der Waals surface area contributed by atoms with Crippen molar-refractivity contribution < 1.29 is 13.2 Å². The lowest BCUT2D eigenvalue weighted by Gasteiger charge is -2.02. The Morgan fingerprint density at radius 3 is 2.38 bits per heavy atom. The van der Waals surface area contributed by atoms with Gasteiger partial charge < -0.3 is 10.5 Å². The van der Waals surface area contributed by atoms with Crippen LogP contribution in [-0.4, -0.2) is 39.7 Å². The Labute approximate surface area is 80.4 Å². The van der Waals surface area contributed by atoms with Crippen molar-refractivity contribution in [3.8, 4) is 0 Å². The second kappa shape index (κ2) is 7.29. The molecule has 5 heteroatoms. The average Bonchev–Trinajstić information content (AvgIpc) is 2.11. The fraction of sp³-hybridized carbons (Fsp3) is 1.00. The molecule has 13 heavy (non-hydrogen) atoms. The SMILES string of the molecule is CCS(=O)(=O)CCCOCCCN. The maximum absolute atomic E-state index is 11.0.